The third-order valence-corrected chi connectivity index (χ3v) is 11.1. The van der Waals surface area contributed by atoms with Crippen molar-refractivity contribution in [2.24, 2.45) is 0 Å². The van der Waals surface area contributed by atoms with Crippen LogP contribution in [0.25, 0.3) is 0 Å². The highest BCUT2D eigenvalue weighted by molar-refractivity contribution is 7.91. The highest BCUT2D eigenvalue weighted by atomic mass is 32.2. The molecule has 0 spiro atoms. The molecule has 3 unspecified atom stereocenters. The summed E-state index contributed by atoms with van der Waals surface area (Å²) >= 11 is 0. The fourth-order valence-electron chi connectivity index (χ4n) is 5.62. The van der Waals surface area contributed by atoms with Crippen LogP contribution in [-0.4, -0.2) is 24.9 Å². The number of fused-ring (bicyclic) bond motifs is 3. The maximum Gasteiger partial charge on any atom is 0.179 e. The van der Waals surface area contributed by atoms with E-state index in [0.29, 0.717) is 4.90 Å². The van der Waals surface area contributed by atoms with E-state index >= 15 is 0 Å². The predicted octanol–water partition coefficient (Wildman–Crippen LogP) is 4.95. The zero-order chi connectivity index (χ0) is 22.6. The van der Waals surface area contributed by atoms with Crippen molar-refractivity contribution in [1.29, 1.82) is 0 Å². The van der Waals surface area contributed by atoms with E-state index in [0.717, 1.165) is 65.8 Å². The zero-order valence-corrected chi connectivity index (χ0v) is 20.1. The molecule has 0 amide bonds. The van der Waals surface area contributed by atoms with Gasteiger partial charge < -0.3 is 5.32 Å². The molecule has 3 aromatic rings. The van der Waals surface area contributed by atoms with Gasteiger partial charge in [-0.25, -0.2) is 8.42 Å². The maximum absolute atomic E-state index is 13.4. The summed E-state index contributed by atoms with van der Waals surface area (Å²) in [6.45, 7) is 0.997. The first-order chi connectivity index (χ1) is 16.0. The fourth-order valence-corrected chi connectivity index (χ4v) is 9.17. The molecule has 3 aliphatic rings. The van der Waals surface area contributed by atoms with E-state index in [1.165, 1.54) is 11.3 Å². The van der Waals surface area contributed by atoms with Gasteiger partial charge >= 0.3 is 0 Å². The summed E-state index contributed by atoms with van der Waals surface area (Å²) in [7, 11) is -4.58. The molecule has 0 saturated carbocycles. The van der Waals surface area contributed by atoms with Crippen LogP contribution >= 0.6 is 0 Å². The van der Waals surface area contributed by atoms with Gasteiger partial charge in [-0.1, -0.05) is 42.5 Å². The zero-order valence-electron chi connectivity index (χ0n) is 18.4. The van der Waals surface area contributed by atoms with E-state index < -0.39 is 20.6 Å². The summed E-state index contributed by atoms with van der Waals surface area (Å²) in [4.78, 5) is 1.32. The number of aryl methyl sites for hydroxylation is 2. The number of rotatable bonds is 2. The number of hydrogen-bond donors (Lipinski definition) is 1. The summed E-state index contributed by atoms with van der Waals surface area (Å²) < 4.78 is 40.0. The lowest BCUT2D eigenvalue weighted by Crippen LogP contribution is -2.25. The summed E-state index contributed by atoms with van der Waals surface area (Å²) in [5, 5.41) is 3.27. The molecular formula is C27H27NO3S2. The Bertz CT molecular complexity index is 1380. The monoisotopic (exact) mass is 477 g/mol. The topological polar surface area (TPSA) is 63.2 Å². The summed E-state index contributed by atoms with van der Waals surface area (Å²) in [5.41, 5.74) is 6.48. The van der Waals surface area contributed by atoms with E-state index in [4.69, 9.17) is 0 Å². The molecule has 0 bridgehead atoms. The molecule has 0 aromatic heterocycles. The fraction of sp³-hybridized carbons (Fsp3) is 0.333. The van der Waals surface area contributed by atoms with Gasteiger partial charge in [0.1, 0.15) is 0 Å². The largest absolute Gasteiger partial charge is 0.385 e. The van der Waals surface area contributed by atoms with Crippen LogP contribution < -0.4 is 5.32 Å². The first-order valence-electron chi connectivity index (χ1n) is 11.7. The number of anilines is 1. The van der Waals surface area contributed by atoms with E-state index in [1.54, 1.807) is 0 Å². The molecule has 0 saturated heterocycles. The Labute approximate surface area is 197 Å². The Balaban J connectivity index is 1.32. The average molecular weight is 478 g/mol. The Morgan fingerprint density at radius 2 is 1.73 bits per heavy atom. The van der Waals surface area contributed by atoms with Gasteiger partial charge in [-0.15, -0.1) is 0 Å². The van der Waals surface area contributed by atoms with Crippen LogP contribution in [0.4, 0.5) is 5.69 Å². The normalized spacial score (nSPS) is 25.3. The minimum atomic E-state index is -3.41. The number of nitrogens with one attached hydrogen (secondary N) is 1. The molecule has 4 nitrogen and oxygen atoms in total. The van der Waals surface area contributed by atoms with Crippen LogP contribution in [0.3, 0.4) is 0 Å². The quantitative estimate of drug-likeness (QED) is 0.567. The van der Waals surface area contributed by atoms with Gasteiger partial charge in [0.15, 0.2) is 9.84 Å². The lowest BCUT2D eigenvalue weighted by atomic mass is 9.89. The second kappa shape index (κ2) is 8.10. The van der Waals surface area contributed by atoms with Crippen molar-refractivity contribution in [1.82, 2.24) is 0 Å². The van der Waals surface area contributed by atoms with Gasteiger partial charge in [0.25, 0.3) is 0 Å². The molecule has 0 fully saturated rings. The number of sulfone groups is 1. The summed E-state index contributed by atoms with van der Waals surface area (Å²) in [6, 6.07) is 20.0. The molecule has 1 N–H and O–H groups in total. The SMILES string of the molecule is O=S1c2ccccc2CCC1c1ccc2c(c1)S(=O)(=O)CC(c1ccc3c(c1)CCCN3)C2. The molecule has 33 heavy (non-hydrogen) atoms. The molecule has 0 aliphatic carbocycles. The second-order valence-electron chi connectivity index (χ2n) is 9.43. The minimum absolute atomic E-state index is 0.0312. The summed E-state index contributed by atoms with van der Waals surface area (Å²) in [5.74, 6) is 0.1000. The molecular weight excluding hydrogens is 450 g/mol. The van der Waals surface area contributed by atoms with Gasteiger partial charge in [0, 0.05) is 23.0 Å². The third-order valence-electron chi connectivity index (χ3n) is 7.35. The first kappa shape index (κ1) is 21.1. The lowest BCUT2D eigenvalue weighted by Gasteiger charge is -2.29. The van der Waals surface area contributed by atoms with Crippen molar-refractivity contribution in [3.8, 4) is 0 Å². The lowest BCUT2D eigenvalue weighted by molar-refractivity contribution is 0.574. The van der Waals surface area contributed by atoms with Gasteiger partial charge in [-0.05, 0) is 78.1 Å². The first-order valence-corrected chi connectivity index (χ1v) is 14.6. The van der Waals surface area contributed by atoms with Crippen LogP contribution in [0.2, 0.25) is 0 Å². The van der Waals surface area contributed by atoms with E-state index in [2.05, 4.69) is 23.5 Å². The molecule has 0 radical (unpaired) electrons. The number of benzene rings is 3. The van der Waals surface area contributed by atoms with Gasteiger partial charge in [0.05, 0.1) is 26.7 Å². The Morgan fingerprint density at radius 1 is 0.879 bits per heavy atom. The molecule has 6 rings (SSSR count). The van der Waals surface area contributed by atoms with Crippen molar-refractivity contribution < 1.29 is 12.6 Å². The Morgan fingerprint density at radius 3 is 2.64 bits per heavy atom. The third kappa shape index (κ3) is 3.73. The van der Waals surface area contributed by atoms with Crippen LogP contribution in [0, 0.1) is 0 Å². The highest BCUT2D eigenvalue weighted by Gasteiger charge is 2.34. The molecule has 3 aromatic carbocycles. The second-order valence-corrected chi connectivity index (χ2v) is 13.0. The van der Waals surface area contributed by atoms with E-state index in [-0.39, 0.29) is 16.9 Å². The van der Waals surface area contributed by atoms with Crippen molar-refractivity contribution >= 4 is 26.3 Å². The van der Waals surface area contributed by atoms with Crippen LogP contribution in [0.5, 0.6) is 0 Å². The summed E-state index contributed by atoms with van der Waals surface area (Å²) in [6.07, 6.45) is 4.51. The van der Waals surface area contributed by atoms with Crippen molar-refractivity contribution in [2.75, 3.05) is 17.6 Å². The standard InChI is InChI=1S/C27H27NO3S2/c29-32-25-6-2-1-4-18(25)10-12-26(32)21-7-8-22-15-23(17-33(30,31)27(22)16-21)19-9-11-24-20(14-19)5-3-13-28-24/h1-2,4,6-9,11,14,16,23,26,28H,3,5,10,12-13,15,17H2. The molecule has 6 heteroatoms. The molecule has 3 aliphatic heterocycles. The van der Waals surface area contributed by atoms with Crippen LogP contribution in [0.15, 0.2) is 70.5 Å². The van der Waals surface area contributed by atoms with Gasteiger partial charge in [0.2, 0.25) is 0 Å². The van der Waals surface area contributed by atoms with Crippen molar-refractivity contribution in [2.45, 2.75) is 53.1 Å². The average Bonchev–Trinajstić information content (AvgIpc) is 2.84. The van der Waals surface area contributed by atoms with E-state index in [9.17, 15) is 12.6 Å². The smallest absolute Gasteiger partial charge is 0.179 e. The minimum Gasteiger partial charge on any atom is -0.385 e. The molecule has 170 valence electrons. The van der Waals surface area contributed by atoms with Gasteiger partial charge in [-0.3, -0.25) is 4.21 Å². The van der Waals surface area contributed by atoms with E-state index in [1.807, 2.05) is 42.5 Å². The van der Waals surface area contributed by atoms with Crippen molar-refractivity contribution in [3.63, 3.8) is 0 Å². The van der Waals surface area contributed by atoms with Gasteiger partial charge in [-0.2, -0.15) is 0 Å². The molecule has 3 atom stereocenters. The van der Waals surface area contributed by atoms with Crippen molar-refractivity contribution in [3.05, 3.63) is 88.5 Å². The predicted molar refractivity (Wildman–Crippen MR) is 132 cm³/mol. The maximum atomic E-state index is 13.4. The Kier molecular flexibility index (Phi) is 5.18. The number of hydrogen-bond acceptors (Lipinski definition) is 4. The van der Waals surface area contributed by atoms with Crippen LogP contribution in [-0.2, 0) is 39.9 Å². The molecule has 3 heterocycles. The Hall–Kier alpha value is -2.44. The highest BCUT2D eigenvalue weighted by Crippen LogP contribution is 2.40. The van der Waals surface area contributed by atoms with Crippen LogP contribution in [0.1, 0.15) is 51.8 Å².